The fourth-order valence-electron chi connectivity index (χ4n) is 3.15. The van der Waals surface area contributed by atoms with E-state index in [-0.39, 0.29) is 17.3 Å². The van der Waals surface area contributed by atoms with Gasteiger partial charge in [-0.25, -0.2) is 12.8 Å². The van der Waals surface area contributed by atoms with Crippen LogP contribution in [-0.2, 0) is 21.1 Å². The minimum absolute atomic E-state index is 0.0637. The largest absolute Gasteiger partial charge is 0.343 e. The quantitative estimate of drug-likeness (QED) is 0.689. The maximum Gasteiger partial charge on any atom is 0.258 e. The van der Waals surface area contributed by atoms with E-state index in [4.69, 9.17) is 10.3 Å². The molecule has 0 bridgehead atoms. The van der Waals surface area contributed by atoms with Crippen LogP contribution in [0.4, 0.5) is 4.39 Å². The van der Waals surface area contributed by atoms with Crippen LogP contribution in [0.15, 0.2) is 38.5 Å². The number of rotatable bonds is 5. The van der Waals surface area contributed by atoms with Gasteiger partial charge < -0.3 is 14.8 Å². The molecule has 11 heteroatoms. The lowest BCUT2D eigenvalue weighted by atomic mass is 9.99. The minimum Gasteiger partial charge on any atom is -0.343 e. The summed E-state index contributed by atoms with van der Waals surface area (Å²) in [6.45, 7) is 0. The van der Waals surface area contributed by atoms with Gasteiger partial charge in [-0.2, -0.15) is 9.97 Å². The van der Waals surface area contributed by atoms with Crippen LogP contribution in [0.2, 0.25) is 0 Å². The van der Waals surface area contributed by atoms with Crippen LogP contribution < -0.4 is 5.73 Å². The predicted molar refractivity (Wildman–Crippen MR) is 89.2 cm³/mol. The fourth-order valence-corrected chi connectivity index (χ4v) is 4.45. The monoisotopic (exact) mass is 393 g/mol. The molecule has 0 saturated heterocycles. The molecule has 0 amide bonds. The van der Waals surface area contributed by atoms with Crippen molar-refractivity contribution in [1.82, 2.24) is 20.3 Å². The molecule has 0 aliphatic heterocycles. The summed E-state index contributed by atoms with van der Waals surface area (Å²) in [5.74, 6) is -1.10. The highest BCUT2D eigenvalue weighted by molar-refractivity contribution is 7.90. The molecule has 0 atom stereocenters. The van der Waals surface area contributed by atoms with Crippen LogP contribution in [-0.4, -0.2) is 28.7 Å². The lowest BCUT2D eigenvalue weighted by Gasteiger charge is -2.17. The zero-order valence-corrected chi connectivity index (χ0v) is 14.9. The molecule has 0 radical (unpaired) electrons. The molecule has 2 aromatic heterocycles. The van der Waals surface area contributed by atoms with Gasteiger partial charge in [0.15, 0.2) is 21.5 Å². The van der Waals surface area contributed by atoms with Crippen LogP contribution in [0.1, 0.15) is 37.3 Å². The number of nitrogens with zero attached hydrogens (tertiary/aromatic N) is 4. The van der Waals surface area contributed by atoms with E-state index < -0.39 is 31.8 Å². The molecule has 142 valence electrons. The predicted octanol–water partition coefficient (Wildman–Crippen LogP) is 1.96. The SMILES string of the molecule is NC1(c2noc(-c3ccc(F)c(S(=O)(=O)Cc4ncon4)c3)n2)CCCC1. The molecule has 1 aliphatic carbocycles. The first-order valence-electron chi connectivity index (χ1n) is 8.28. The molecule has 2 N–H and O–H groups in total. The van der Waals surface area contributed by atoms with E-state index >= 15 is 0 Å². The number of aromatic nitrogens is 4. The summed E-state index contributed by atoms with van der Waals surface area (Å²) in [4.78, 5) is 7.45. The normalized spacial score (nSPS) is 16.7. The Bertz CT molecular complexity index is 1060. The van der Waals surface area contributed by atoms with Crippen molar-refractivity contribution in [3.63, 3.8) is 0 Å². The molecule has 9 nitrogen and oxygen atoms in total. The third kappa shape index (κ3) is 3.35. The minimum atomic E-state index is -4.04. The molecular weight excluding hydrogens is 377 g/mol. The second-order valence-electron chi connectivity index (χ2n) is 6.54. The van der Waals surface area contributed by atoms with E-state index in [1.807, 2.05) is 0 Å². The number of hydrogen-bond donors (Lipinski definition) is 1. The van der Waals surface area contributed by atoms with Gasteiger partial charge in [0, 0.05) is 5.56 Å². The number of sulfone groups is 1. The van der Waals surface area contributed by atoms with Gasteiger partial charge in [0.2, 0.25) is 6.39 Å². The van der Waals surface area contributed by atoms with Gasteiger partial charge in [-0.05, 0) is 31.0 Å². The maximum absolute atomic E-state index is 14.2. The van der Waals surface area contributed by atoms with E-state index in [1.165, 1.54) is 6.07 Å². The van der Waals surface area contributed by atoms with Crippen molar-refractivity contribution < 1.29 is 21.9 Å². The third-order valence-electron chi connectivity index (χ3n) is 4.61. The van der Waals surface area contributed by atoms with Gasteiger partial charge in [-0.15, -0.1) is 0 Å². The van der Waals surface area contributed by atoms with E-state index in [2.05, 4.69) is 24.8 Å². The summed E-state index contributed by atoms with van der Waals surface area (Å²) in [5, 5.41) is 7.38. The van der Waals surface area contributed by atoms with Crippen molar-refractivity contribution in [2.45, 2.75) is 41.9 Å². The Kier molecular flexibility index (Phi) is 4.27. The number of hydrogen-bond acceptors (Lipinski definition) is 9. The number of halogens is 1. The fraction of sp³-hybridized carbons (Fsp3) is 0.375. The summed E-state index contributed by atoms with van der Waals surface area (Å²) in [6, 6.07) is 3.56. The molecule has 27 heavy (non-hydrogen) atoms. The molecule has 0 spiro atoms. The first kappa shape index (κ1) is 17.7. The van der Waals surface area contributed by atoms with E-state index in [9.17, 15) is 12.8 Å². The Morgan fingerprint density at radius 2 is 2.00 bits per heavy atom. The van der Waals surface area contributed by atoms with Gasteiger partial charge in [0.05, 0.1) is 5.54 Å². The molecular formula is C16H16FN5O4S. The van der Waals surface area contributed by atoms with Crippen molar-refractivity contribution >= 4 is 9.84 Å². The van der Waals surface area contributed by atoms with E-state index in [1.54, 1.807) is 0 Å². The lowest BCUT2D eigenvalue weighted by molar-refractivity contribution is 0.372. The highest BCUT2D eigenvalue weighted by Crippen LogP contribution is 2.35. The molecule has 2 heterocycles. The summed E-state index contributed by atoms with van der Waals surface area (Å²) in [6.07, 6.45) is 4.47. The Hall–Kier alpha value is -2.66. The van der Waals surface area contributed by atoms with Gasteiger partial charge in [-0.1, -0.05) is 23.2 Å². The number of nitrogens with two attached hydrogens (primary N) is 1. The number of benzene rings is 1. The standard InChI is InChI=1S/C16H16FN5O4S/c17-11-4-3-10(7-12(11)27(23,24)8-13-19-9-25-21-13)14-20-15(22-26-14)16(18)5-1-2-6-16/h3-4,7,9H,1-2,5-6,8,18H2. The third-order valence-corrected chi connectivity index (χ3v) is 6.23. The van der Waals surface area contributed by atoms with Gasteiger partial charge in [0.25, 0.3) is 5.89 Å². The Morgan fingerprint density at radius 3 is 2.70 bits per heavy atom. The maximum atomic E-state index is 14.2. The van der Waals surface area contributed by atoms with Crippen molar-refractivity contribution in [3.05, 3.63) is 42.1 Å². The van der Waals surface area contributed by atoms with Gasteiger partial charge in [-0.3, -0.25) is 0 Å². The lowest BCUT2D eigenvalue weighted by Crippen LogP contribution is -2.34. The van der Waals surface area contributed by atoms with Crippen LogP contribution >= 0.6 is 0 Å². The zero-order valence-electron chi connectivity index (χ0n) is 14.1. The molecule has 1 aromatic carbocycles. The van der Waals surface area contributed by atoms with Crippen LogP contribution in [0.3, 0.4) is 0 Å². The second kappa shape index (κ2) is 6.50. The van der Waals surface area contributed by atoms with Crippen molar-refractivity contribution in [2.24, 2.45) is 5.73 Å². The molecule has 4 rings (SSSR count). The Morgan fingerprint density at radius 1 is 1.22 bits per heavy atom. The summed E-state index contributed by atoms with van der Waals surface area (Å²) < 4.78 is 49.0. The Balaban J connectivity index is 1.68. The average Bonchev–Trinajstić information content (AvgIpc) is 3.36. The molecule has 3 aromatic rings. The molecule has 0 unspecified atom stereocenters. The van der Waals surface area contributed by atoms with Crippen molar-refractivity contribution in [3.8, 4) is 11.5 Å². The summed E-state index contributed by atoms with van der Waals surface area (Å²) in [7, 11) is -4.04. The second-order valence-corrected chi connectivity index (χ2v) is 8.50. The van der Waals surface area contributed by atoms with E-state index in [0.717, 1.165) is 44.2 Å². The average molecular weight is 393 g/mol. The smallest absolute Gasteiger partial charge is 0.258 e. The van der Waals surface area contributed by atoms with Crippen molar-refractivity contribution in [2.75, 3.05) is 0 Å². The first-order valence-corrected chi connectivity index (χ1v) is 9.94. The van der Waals surface area contributed by atoms with E-state index in [0.29, 0.717) is 5.82 Å². The highest BCUT2D eigenvalue weighted by atomic mass is 32.2. The van der Waals surface area contributed by atoms with Gasteiger partial charge >= 0.3 is 0 Å². The first-order chi connectivity index (χ1) is 12.9. The Labute approximate surface area is 153 Å². The molecule has 1 fully saturated rings. The summed E-state index contributed by atoms with van der Waals surface area (Å²) in [5.41, 5.74) is 5.94. The van der Waals surface area contributed by atoms with Gasteiger partial charge in [0.1, 0.15) is 16.5 Å². The van der Waals surface area contributed by atoms with Crippen LogP contribution in [0.25, 0.3) is 11.5 Å². The highest BCUT2D eigenvalue weighted by Gasteiger charge is 2.36. The molecule has 1 aliphatic rings. The van der Waals surface area contributed by atoms with Crippen LogP contribution in [0.5, 0.6) is 0 Å². The zero-order chi connectivity index (χ0) is 19.1. The van der Waals surface area contributed by atoms with Crippen LogP contribution in [0, 0.1) is 5.82 Å². The van der Waals surface area contributed by atoms with Crippen molar-refractivity contribution in [1.29, 1.82) is 0 Å². The molecule has 1 saturated carbocycles. The topological polar surface area (TPSA) is 138 Å². The summed E-state index contributed by atoms with van der Waals surface area (Å²) >= 11 is 0.